The third kappa shape index (κ3) is 3.83. The Morgan fingerprint density at radius 2 is 2.04 bits per heavy atom. The van der Waals surface area contributed by atoms with Gasteiger partial charge in [0.25, 0.3) is 0 Å². The van der Waals surface area contributed by atoms with E-state index in [0.29, 0.717) is 6.04 Å². The van der Waals surface area contributed by atoms with Crippen LogP contribution in [0.1, 0.15) is 37.7 Å². The van der Waals surface area contributed by atoms with Crippen molar-refractivity contribution < 1.29 is 0 Å². The van der Waals surface area contributed by atoms with Gasteiger partial charge >= 0.3 is 0 Å². The van der Waals surface area contributed by atoms with E-state index in [9.17, 15) is 0 Å². The predicted octanol–water partition coefficient (Wildman–Crippen LogP) is 2.92. The van der Waals surface area contributed by atoms with Crippen LogP contribution >= 0.6 is 0 Å². The van der Waals surface area contributed by atoms with E-state index in [4.69, 9.17) is 0 Å². The van der Waals surface area contributed by atoms with E-state index in [1.54, 1.807) is 0 Å². The number of nitrogens with zero attached hydrogens (tertiary/aromatic N) is 3. The minimum atomic E-state index is 0.493. The Balaban J connectivity index is 1.33. The summed E-state index contributed by atoms with van der Waals surface area (Å²) in [4.78, 5) is 11.6. The molecule has 138 valence electrons. The van der Waals surface area contributed by atoms with Gasteiger partial charge in [-0.3, -0.25) is 14.9 Å². The first kappa shape index (κ1) is 17.3. The minimum absolute atomic E-state index is 0.493. The number of nitrogens with one attached hydrogen (secondary N) is 2. The summed E-state index contributed by atoms with van der Waals surface area (Å²) in [6, 6.07) is 11.7. The average Bonchev–Trinajstić information content (AvgIpc) is 3.36. The molecule has 0 amide bonds. The largest absolute Gasteiger partial charge is 0.352 e. The highest BCUT2D eigenvalue weighted by atomic mass is 15.3. The summed E-state index contributed by atoms with van der Waals surface area (Å²) in [7, 11) is 1.85. The molecule has 1 aromatic heterocycles. The topological polar surface area (TPSA) is 52.6 Å². The van der Waals surface area contributed by atoms with Crippen LogP contribution in [0.15, 0.2) is 41.5 Å². The van der Waals surface area contributed by atoms with Gasteiger partial charge in [-0.1, -0.05) is 37.1 Å². The van der Waals surface area contributed by atoms with Gasteiger partial charge in [-0.2, -0.15) is 0 Å². The summed E-state index contributed by atoms with van der Waals surface area (Å²) in [5, 5.41) is 8.26. The number of benzene rings is 1. The van der Waals surface area contributed by atoms with Gasteiger partial charge in [0.05, 0.1) is 5.52 Å². The first-order valence-corrected chi connectivity index (χ1v) is 9.87. The first-order chi connectivity index (χ1) is 12.8. The van der Waals surface area contributed by atoms with Crippen molar-refractivity contribution in [2.24, 2.45) is 4.99 Å². The molecule has 0 bridgehead atoms. The lowest BCUT2D eigenvalue weighted by Crippen LogP contribution is -2.45. The number of aliphatic imine (C=N–C) groups is 1. The summed E-state index contributed by atoms with van der Waals surface area (Å²) >= 11 is 0. The Kier molecular flexibility index (Phi) is 5.34. The number of para-hydroxylation sites is 1. The molecule has 2 aromatic rings. The Labute approximate surface area is 155 Å². The van der Waals surface area contributed by atoms with Gasteiger partial charge in [0, 0.05) is 50.3 Å². The number of aromatic nitrogens is 1. The first-order valence-electron chi connectivity index (χ1n) is 9.87. The Morgan fingerprint density at radius 1 is 1.19 bits per heavy atom. The molecule has 5 nitrogen and oxygen atoms in total. The quantitative estimate of drug-likeness (QED) is 0.657. The summed E-state index contributed by atoms with van der Waals surface area (Å²) < 4.78 is 0. The lowest BCUT2D eigenvalue weighted by molar-refractivity contribution is 0.242. The van der Waals surface area contributed by atoms with E-state index in [-0.39, 0.29) is 0 Å². The molecule has 1 atom stereocenters. The fraction of sp³-hybridized carbons (Fsp3) is 0.524. The van der Waals surface area contributed by atoms with E-state index >= 15 is 0 Å². The molecule has 1 saturated heterocycles. The van der Waals surface area contributed by atoms with Crippen LogP contribution in [0.5, 0.6) is 0 Å². The number of guanidine groups is 1. The van der Waals surface area contributed by atoms with Crippen LogP contribution < -0.4 is 10.6 Å². The zero-order valence-electron chi connectivity index (χ0n) is 15.6. The number of fused-ring (bicyclic) bond motifs is 1. The van der Waals surface area contributed by atoms with E-state index in [1.165, 1.54) is 49.6 Å². The second kappa shape index (κ2) is 8.04. The summed E-state index contributed by atoms with van der Waals surface area (Å²) in [5.74, 6) is 0.885. The average molecular weight is 351 g/mol. The third-order valence-electron chi connectivity index (χ3n) is 5.79. The highest BCUT2D eigenvalue weighted by molar-refractivity contribution is 5.83. The van der Waals surface area contributed by atoms with Gasteiger partial charge in [-0.25, -0.2) is 0 Å². The van der Waals surface area contributed by atoms with Crippen molar-refractivity contribution >= 4 is 16.9 Å². The molecule has 1 unspecified atom stereocenters. The van der Waals surface area contributed by atoms with Crippen LogP contribution in [0.25, 0.3) is 10.9 Å². The molecule has 1 aromatic carbocycles. The summed E-state index contributed by atoms with van der Waals surface area (Å²) in [5.41, 5.74) is 2.26. The van der Waals surface area contributed by atoms with Crippen LogP contribution in [0, 0.1) is 0 Å². The van der Waals surface area contributed by atoms with Crippen molar-refractivity contribution in [1.82, 2.24) is 20.5 Å². The second-order valence-corrected chi connectivity index (χ2v) is 7.48. The Hall–Kier alpha value is -2.14. The molecule has 2 aliphatic rings. The smallest absolute Gasteiger partial charge is 0.191 e. The Bertz CT molecular complexity index is 761. The molecule has 2 N–H and O–H groups in total. The molecular weight excluding hydrogens is 322 g/mol. The van der Waals surface area contributed by atoms with Gasteiger partial charge in [0.2, 0.25) is 0 Å². The molecule has 0 spiro atoms. The van der Waals surface area contributed by atoms with Gasteiger partial charge in [-0.15, -0.1) is 0 Å². The maximum Gasteiger partial charge on any atom is 0.191 e. The van der Waals surface area contributed by atoms with Gasteiger partial charge in [-0.05, 0) is 30.9 Å². The fourth-order valence-corrected chi connectivity index (χ4v) is 4.38. The van der Waals surface area contributed by atoms with Crippen molar-refractivity contribution in [2.75, 3.05) is 20.1 Å². The monoisotopic (exact) mass is 351 g/mol. The van der Waals surface area contributed by atoms with Crippen molar-refractivity contribution in [3.05, 3.63) is 42.1 Å². The molecule has 1 aliphatic heterocycles. The number of likely N-dealkylation sites (tertiary alicyclic amines) is 1. The predicted molar refractivity (Wildman–Crippen MR) is 107 cm³/mol. The third-order valence-corrected chi connectivity index (χ3v) is 5.79. The fourth-order valence-electron chi connectivity index (χ4n) is 4.38. The van der Waals surface area contributed by atoms with E-state index < -0.39 is 0 Å². The molecule has 4 rings (SSSR count). The molecular formula is C21H29N5. The van der Waals surface area contributed by atoms with Crippen molar-refractivity contribution in [1.29, 1.82) is 0 Å². The summed E-state index contributed by atoms with van der Waals surface area (Å²) in [6.07, 6.45) is 8.63. The van der Waals surface area contributed by atoms with Crippen molar-refractivity contribution in [3.8, 4) is 0 Å². The molecule has 5 heteroatoms. The van der Waals surface area contributed by atoms with E-state index in [0.717, 1.165) is 30.6 Å². The molecule has 1 saturated carbocycles. The maximum atomic E-state index is 4.54. The normalized spacial score (nSPS) is 22.2. The van der Waals surface area contributed by atoms with Gasteiger partial charge in [0.1, 0.15) is 0 Å². The highest BCUT2D eigenvalue weighted by Gasteiger charge is 2.30. The minimum Gasteiger partial charge on any atom is -0.352 e. The number of hydrogen-bond donors (Lipinski definition) is 2. The van der Waals surface area contributed by atoms with Crippen LogP contribution in [0.3, 0.4) is 0 Å². The van der Waals surface area contributed by atoms with E-state index in [2.05, 4.69) is 49.8 Å². The number of pyridine rings is 1. The molecule has 0 radical (unpaired) electrons. The zero-order valence-corrected chi connectivity index (χ0v) is 15.6. The number of rotatable bonds is 4. The highest BCUT2D eigenvalue weighted by Crippen LogP contribution is 2.26. The van der Waals surface area contributed by atoms with Gasteiger partial charge < -0.3 is 10.6 Å². The van der Waals surface area contributed by atoms with Crippen LogP contribution in [0.2, 0.25) is 0 Å². The zero-order chi connectivity index (χ0) is 17.8. The number of hydrogen-bond acceptors (Lipinski definition) is 3. The van der Waals surface area contributed by atoms with Crippen LogP contribution in [0.4, 0.5) is 0 Å². The molecule has 2 heterocycles. The molecule has 1 aliphatic carbocycles. The lowest BCUT2D eigenvalue weighted by Gasteiger charge is -2.24. The molecule has 2 fully saturated rings. The lowest BCUT2D eigenvalue weighted by atomic mass is 10.1. The van der Waals surface area contributed by atoms with Gasteiger partial charge in [0.15, 0.2) is 5.96 Å². The Morgan fingerprint density at radius 3 is 2.88 bits per heavy atom. The maximum absolute atomic E-state index is 4.54. The van der Waals surface area contributed by atoms with E-state index in [1.807, 2.05) is 19.3 Å². The second-order valence-electron chi connectivity index (χ2n) is 7.48. The van der Waals surface area contributed by atoms with Crippen LogP contribution in [-0.4, -0.2) is 48.1 Å². The SMILES string of the molecule is CN=C(NCc1cccc2cccnc12)NC1CCN(C2CCCC2)C1. The van der Waals surface area contributed by atoms with Crippen LogP contribution in [-0.2, 0) is 6.54 Å². The summed E-state index contributed by atoms with van der Waals surface area (Å²) in [6.45, 7) is 3.08. The standard InChI is InChI=1S/C21H29N5/c1-22-21(25-18-11-13-26(15-18)19-9-2-3-10-19)24-14-17-7-4-6-16-8-5-12-23-20(16)17/h4-8,12,18-19H,2-3,9-11,13-15H2,1H3,(H2,22,24,25). The van der Waals surface area contributed by atoms with Crippen molar-refractivity contribution in [2.45, 2.75) is 50.7 Å². The molecule has 26 heavy (non-hydrogen) atoms. The van der Waals surface area contributed by atoms with Crippen molar-refractivity contribution in [3.63, 3.8) is 0 Å².